The number of amides is 1. The monoisotopic (exact) mass is 401 g/mol. The average Bonchev–Trinajstić information content (AvgIpc) is 2.68. The second-order valence-electron chi connectivity index (χ2n) is 7.14. The zero-order chi connectivity index (χ0) is 19.4. The smallest absolute Gasteiger partial charge is 0.369 e. The van der Waals surface area contributed by atoms with E-state index in [9.17, 15) is 18.0 Å². The van der Waals surface area contributed by atoms with E-state index in [2.05, 4.69) is 4.90 Å². The van der Waals surface area contributed by atoms with Crippen molar-refractivity contribution in [2.45, 2.75) is 25.1 Å². The Hall–Kier alpha value is -1.41. The molecule has 2 fully saturated rings. The van der Waals surface area contributed by atoms with Gasteiger partial charge in [0.25, 0.3) is 0 Å². The lowest BCUT2D eigenvalue weighted by Gasteiger charge is -2.44. The molecule has 0 aliphatic carbocycles. The van der Waals surface area contributed by atoms with Crippen molar-refractivity contribution in [3.05, 3.63) is 29.8 Å². The Bertz CT molecular complexity index is 647. The predicted octanol–water partition coefficient (Wildman–Crippen LogP) is 3.18. The van der Waals surface area contributed by atoms with Crippen LogP contribution in [0.4, 0.5) is 18.9 Å². The van der Waals surface area contributed by atoms with Crippen LogP contribution in [-0.2, 0) is 11.0 Å². The first kappa shape index (κ1) is 20.3. The van der Waals surface area contributed by atoms with Crippen LogP contribution in [0.15, 0.2) is 24.3 Å². The van der Waals surface area contributed by atoms with Crippen molar-refractivity contribution in [3.8, 4) is 0 Å². The third-order valence-electron chi connectivity index (χ3n) is 5.39. The number of likely N-dealkylation sites (tertiary alicyclic amines) is 1. The van der Waals surface area contributed by atoms with Crippen molar-refractivity contribution >= 4 is 23.4 Å². The Morgan fingerprint density at radius 1 is 1.19 bits per heavy atom. The van der Waals surface area contributed by atoms with E-state index in [4.69, 9.17) is 0 Å². The molecule has 0 aromatic heterocycles. The first-order valence-electron chi connectivity index (χ1n) is 9.31. The van der Waals surface area contributed by atoms with E-state index in [1.165, 1.54) is 12.1 Å². The fraction of sp³-hybridized carbons (Fsp3) is 0.632. The molecule has 1 aromatic carbocycles. The van der Waals surface area contributed by atoms with E-state index in [0.29, 0.717) is 30.6 Å². The summed E-state index contributed by atoms with van der Waals surface area (Å²) < 4.78 is 38.8. The van der Waals surface area contributed by atoms with Crippen molar-refractivity contribution < 1.29 is 18.0 Å². The summed E-state index contributed by atoms with van der Waals surface area (Å²) in [5.41, 5.74) is 0.0301. The molecule has 3 rings (SSSR count). The van der Waals surface area contributed by atoms with Crippen LogP contribution in [0, 0.1) is 0 Å². The Morgan fingerprint density at radius 3 is 2.59 bits per heavy atom. The highest BCUT2D eigenvalue weighted by molar-refractivity contribution is 7.99. The average molecular weight is 401 g/mol. The second-order valence-corrected chi connectivity index (χ2v) is 8.01. The van der Waals surface area contributed by atoms with E-state index in [1.807, 2.05) is 16.1 Å². The van der Waals surface area contributed by atoms with Gasteiger partial charge in [-0.15, -0.1) is 0 Å². The Kier molecular flexibility index (Phi) is 6.57. The molecule has 8 heteroatoms. The van der Waals surface area contributed by atoms with Gasteiger partial charge in [0, 0.05) is 51.0 Å². The van der Waals surface area contributed by atoms with Crippen LogP contribution in [0.25, 0.3) is 0 Å². The summed E-state index contributed by atoms with van der Waals surface area (Å²) in [6.45, 7) is 4.63. The molecule has 0 saturated carbocycles. The highest BCUT2D eigenvalue weighted by Crippen LogP contribution is 2.32. The van der Waals surface area contributed by atoms with Gasteiger partial charge in [0.1, 0.15) is 0 Å². The highest BCUT2D eigenvalue weighted by atomic mass is 32.2. The van der Waals surface area contributed by atoms with E-state index < -0.39 is 11.7 Å². The summed E-state index contributed by atoms with van der Waals surface area (Å²) in [4.78, 5) is 18.5. The van der Waals surface area contributed by atoms with Crippen LogP contribution in [0.5, 0.6) is 0 Å². The Morgan fingerprint density at radius 2 is 1.93 bits per heavy atom. The van der Waals surface area contributed by atoms with Crippen molar-refractivity contribution in [2.24, 2.45) is 0 Å². The molecule has 150 valence electrons. The van der Waals surface area contributed by atoms with Crippen molar-refractivity contribution in [3.63, 3.8) is 0 Å². The van der Waals surface area contributed by atoms with Crippen LogP contribution in [-0.4, -0.2) is 73.0 Å². The number of thioether (sulfide) groups is 1. The van der Waals surface area contributed by atoms with Crippen molar-refractivity contribution in [1.82, 2.24) is 9.80 Å². The van der Waals surface area contributed by atoms with Gasteiger partial charge in [0.2, 0.25) is 5.91 Å². The third kappa shape index (κ3) is 5.10. The lowest BCUT2D eigenvalue weighted by molar-refractivity contribution is -0.137. The first-order chi connectivity index (χ1) is 12.9. The number of benzene rings is 1. The van der Waals surface area contributed by atoms with Gasteiger partial charge < -0.3 is 9.80 Å². The van der Waals surface area contributed by atoms with E-state index in [1.54, 1.807) is 17.8 Å². The maximum Gasteiger partial charge on any atom is 0.416 e. The molecule has 1 amide bonds. The number of hydrogen-bond donors (Lipinski definition) is 0. The van der Waals surface area contributed by atoms with Gasteiger partial charge in [0.15, 0.2) is 0 Å². The van der Waals surface area contributed by atoms with Crippen LogP contribution >= 0.6 is 11.8 Å². The summed E-state index contributed by atoms with van der Waals surface area (Å²) in [5, 5.41) is 0. The molecule has 2 saturated heterocycles. The Balaban J connectivity index is 1.57. The molecule has 0 radical (unpaired) electrons. The number of anilines is 1. The molecule has 1 atom stereocenters. The molecule has 0 N–H and O–H groups in total. The minimum atomic E-state index is -4.31. The highest BCUT2D eigenvalue weighted by Gasteiger charge is 2.32. The molecule has 0 unspecified atom stereocenters. The molecular weight excluding hydrogens is 375 g/mol. The van der Waals surface area contributed by atoms with Crippen molar-refractivity contribution in [1.29, 1.82) is 0 Å². The first-order valence-corrected chi connectivity index (χ1v) is 10.7. The van der Waals surface area contributed by atoms with Gasteiger partial charge in [0.05, 0.1) is 11.3 Å². The number of piperidine rings is 1. The number of halogens is 3. The van der Waals surface area contributed by atoms with E-state index in [0.717, 1.165) is 45.1 Å². The van der Waals surface area contributed by atoms with Crippen molar-refractivity contribution in [2.75, 3.05) is 56.2 Å². The summed E-state index contributed by atoms with van der Waals surface area (Å²) in [6, 6.07) is 5.92. The van der Waals surface area contributed by atoms with Gasteiger partial charge in [-0.2, -0.15) is 24.9 Å². The lowest BCUT2D eigenvalue weighted by atomic mass is 10.0. The fourth-order valence-electron chi connectivity index (χ4n) is 3.92. The largest absolute Gasteiger partial charge is 0.416 e. The second kappa shape index (κ2) is 8.73. The lowest BCUT2D eigenvalue weighted by Crippen LogP contribution is -2.56. The minimum absolute atomic E-state index is 0.204. The summed E-state index contributed by atoms with van der Waals surface area (Å²) in [5.74, 6) is 0.727. The van der Waals surface area contributed by atoms with Crippen LogP contribution in [0.3, 0.4) is 0 Å². The fourth-order valence-corrected chi connectivity index (χ4v) is 4.35. The molecular formula is C19H26F3N3OS. The number of piperazine rings is 1. The number of carbonyl (C=O) groups is 1. The van der Waals surface area contributed by atoms with Gasteiger partial charge in [-0.25, -0.2) is 0 Å². The third-order valence-corrected chi connectivity index (χ3v) is 5.92. The maximum atomic E-state index is 12.9. The summed E-state index contributed by atoms with van der Waals surface area (Å²) in [7, 11) is 0. The van der Waals surface area contributed by atoms with Gasteiger partial charge in [-0.3, -0.25) is 9.69 Å². The van der Waals surface area contributed by atoms with Gasteiger partial charge in [-0.1, -0.05) is 6.07 Å². The normalized spacial score (nSPS) is 22.1. The van der Waals surface area contributed by atoms with Gasteiger partial charge in [-0.05, 0) is 37.3 Å². The summed E-state index contributed by atoms with van der Waals surface area (Å²) in [6.07, 6.45) is -0.287. The van der Waals surface area contributed by atoms with E-state index >= 15 is 0 Å². The minimum Gasteiger partial charge on any atom is -0.369 e. The van der Waals surface area contributed by atoms with E-state index in [-0.39, 0.29) is 5.91 Å². The Labute approximate surface area is 162 Å². The number of nitrogens with zero attached hydrogens (tertiary/aromatic N) is 3. The number of alkyl halides is 3. The number of hydrogen-bond acceptors (Lipinski definition) is 4. The predicted molar refractivity (Wildman–Crippen MR) is 103 cm³/mol. The molecule has 0 spiro atoms. The maximum absolute atomic E-state index is 12.9. The zero-order valence-corrected chi connectivity index (χ0v) is 16.4. The van der Waals surface area contributed by atoms with Crippen LogP contribution in [0.1, 0.15) is 18.4 Å². The quantitative estimate of drug-likeness (QED) is 0.774. The topological polar surface area (TPSA) is 26.8 Å². The van der Waals surface area contributed by atoms with Crippen LogP contribution < -0.4 is 4.90 Å². The molecule has 2 aliphatic heterocycles. The van der Waals surface area contributed by atoms with Crippen LogP contribution in [0.2, 0.25) is 0 Å². The summed E-state index contributed by atoms with van der Waals surface area (Å²) >= 11 is 1.55. The molecule has 27 heavy (non-hydrogen) atoms. The zero-order valence-electron chi connectivity index (χ0n) is 15.5. The molecule has 2 aliphatic rings. The standard InChI is InChI=1S/C19H26F3N3OS/c1-27-14-18(26)25-7-3-6-17(13-25)24-10-8-23(9-11-24)16-5-2-4-15(12-16)19(20,21)22/h2,4-5,12,17H,3,6-11,13-14H2,1H3/t17-/m1/s1. The molecule has 4 nitrogen and oxygen atoms in total. The molecule has 0 bridgehead atoms. The van der Waals surface area contributed by atoms with Gasteiger partial charge >= 0.3 is 6.18 Å². The number of rotatable bonds is 4. The molecule has 2 heterocycles. The molecule has 1 aromatic rings. The SMILES string of the molecule is CSCC(=O)N1CCC[C@@H](N2CCN(c3cccc(C(F)(F)F)c3)CC2)C1. The number of carbonyl (C=O) groups excluding carboxylic acids is 1.